The van der Waals surface area contributed by atoms with Crippen LogP contribution in [0.5, 0.6) is 0 Å². The second kappa shape index (κ2) is 5.90. The summed E-state index contributed by atoms with van der Waals surface area (Å²) in [6.07, 6.45) is 5.94. The first-order chi connectivity index (χ1) is 5.24. The van der Waals surface area contributed by atoms with Crippen LogP contribution in [0.2, 0.25) is 0 Å². The number of nitrogens with zero attached hydrogens (tertiary/aromatic N) is 1. The number of hydrogen-bond donors (Lipinski definition) is 0. The van der Waals surface area contributed by atoms with Crippen molar-refractivity contribution in [2.24, 2.45) is 4.99 Å². The third-order valence-corrected chi connectivity index (χ3v) is 1.60. The van der Waals surface area contributed by atoms with Gasteiger partial charge in [0, 0.05) is 11.9 Å². The van der Waals surface area contributed by atoms with E-state index >= 15 is 0 Å². The van der Waals surface area contributed by atoms with E-state index in [1.54, 1.807) is 0 Å². The fourth-order valence-corrected chi connectivity index (χ4v) is 0.635. The van der Waals surface area contributed by atoms with Crippen molar-refractivity contribution >= 4 is 6.21 Å². The van der Waals surface area contributed by atoms with Crippen LogP contribution in [0.1, 0.15) is 33.6 Å². The molecule has 0 heterocycles. The smallest absolute Gasteiger partial charge is 0.0329 e. The normalized spacial score (nSPS) is 12.5. The topological polar surface area (TPSA) is 12.4 Å². The minimum atomic E-state index is 0.928. The third kappa shape index (κ3) is 4.54. The molecule has 11 heavy (non-hydrogen) atoms. The van der Waals surface area contributed by atoms with Crippen LogP contribution < -0.4 is 0 Å². The highest BCUT2D eigenvalue weighted by atomic mass is 14.7. The summed E-state index contributed by atoms with van der Waals surface area (Å²) in [5.74, 6) is 0. The molecule has 0 spiro atoms. The van der Waals surface area contributed by atoms with E-state index in [2.05, 4.69) is 31.5 Å². The average molecular weight is 151 g/mol. The Morgan fingerprint density at radius 3 is 2.36 bits per heavy atom. The van der Waals surface area contributed by atoms with Crippen LogP contribution in [-0.2, 0) is 0 Å². The van der Waals surface area contributed by atoms with Gasteiger partial charge in [-0.1, -0.05) is 26.5 Å². The van der Waals surface area contributed by atoms with E-state index in [9.17, 15) is 0 Å². The third-order valence-electron chi connectivity index (χ3n) is 1.60. The molecule has 0 aliphatic heterocycles. The zero-order chi connectivity index (χ0) is 8.69. The second-order valence-electron chi connectivity index (χ2n) is 2.40. The van der Waals surface area contributed by atoms with Crippen molar-refractivity contribution in [2.75, 3.05) is 0 Å². The maximum Gasteiger partial charge on any atom is 0.0329 e. The van der Waals surface area contributed by atoms with Crippen LogP contribution in [0, 0.1) is 0 Å². The first-order valence-electron chi connectivity index (χ1n) is 4.11. The highest BCUT2D eigenvalue weighted by molar-refractivity contribution is 5.78. The van der Waals surface area contributed by atoms with Gasteiger partial charge in [0.15, 0.2) is 0 Å². The summed E-state index contributed by atoms with van der Waals surface area (Å²) in [7, 11) is 0. The lowest BCUT2D eigenvalue weighted by Gasteiger charge is -1.94. The lowest BCUT2D eigenvalue weighted by Crippen LogP contribution is -1.82. The van der Waals surface area contributed by atoms with Gasteiger partial charge in [-0.3, -0.25) is 4.99 Å². The van der Waals surface area contributed by atoms with Gasteiger partial charge in [0.05, 0.1) is 0 Å². The lowest BCUT2D eigenvalue weighted by atomic mass is 10.2. The maximum atomic E-state index is 4.20. The van der Waals surface area contributed by atoms with Crippen LogP contribution in [-0.4, -0.2) is 6.21 Å². The fraction of sp³-hybridized carbons (Fsp3) is 0.500. The molecule has 0 amide bonds. The maximum absolute atomic E-state index is 4.20. The monoisotopic (exact) mass is 151 g/mol. The Kier molecular flexibility index (Phi) is 5.44. The molecule has 0 aromatic heterocycles. The van der Waals surface area contributed by atoms with Gasteiger partial charge in [0.2, 0.25) is 0 Å². The van der Waals surface area contributed by atoms with E-state index in [0.29, 0.717) is 0 Å². The Balaban J connectivity index is 4.00. The van der Waals surface area contributed by atoms with E-state index in [-0.39, 0.29) is 0 Å². The summed E-state index contributed by atoms with van der Waals surface area (Å²) in [5, 5.41) is 0. The standard InChI is InChI=1S/C10H17N/c1-5-9(4)11-8-10(6-2)7-3/h6,8H,4-5,7H2,1-3H3/b10-6-,11-8-. The zero-order valence-corrected chi connectivity index (χ0v) is 7.72. The van der Waals surface area contributed by atoms with Crippen LogP contribution in [0.25, 0.3) is 0 Å². The van der Waals surface area contributed by atoms with Gasteiger partial charge in [-0.05, 0) is 25.3 Å². The molecule has 0 bridgehead atoms. The largest absolute Gasteiger partial charge is 0.262 e. The fourth-order valence-electron chi connectivity index (χ4n) is 0.635. The molecule has 0 aliphatic rings. The van der Waals surface area contributed by atoms with Gasteiger partial charge in [0.1, 0.15) is 0 Å². The van der Waals surface area contributed by atoms with Crippen molar-refractivity contribution in [3.63, 3.8) is 0 Å². The summed E-state index contributed by atoms with van der Waals surface area (Å²) in [4.78, 5) is 4.20. The van der Waals surface area contributed by atoms with E-state index in [4.69, 9.17) is 0 Å². The first-order valence-corrected chi connectivity index (χ1v) is 4.11. The van der Waals surface area contributed by atoms with Crippen molar-refractivity contribution < 1.29 is 0 Å². The number of allylic oxidation sites excluding steroid dienone is 3. The summed E-state index contributed by atoms with van der Waals surface area (Å²) < 4.78 is 0. The van der Waals surface area contributed by atoms with Crippen LogP contribution >= 0.6 is 0 Å². The number of hydrogen-bond acceptors (Lipinski definition) is 1. The van der Waals surface area contributed by atoms with Crippen molar-refractivity contribution in [3.8, 4) is 0 Å². The van der Waals surface area contributed by atoms with Gasteiger partial charge in [0.25, 0.3) is 0 Å². The molecule has 0 atom stereocenters. The van der Waals surface area contributed by atoms with Crippen molar-refractivity contribution in [1.82, 2.24) is 0 Å². The Labute approximate surface area is 69.5 Å². The van der Waals surface area contributed by atoms with E-state index < -0.39 is 0 Å². The summed E-state index contributed by atoms with van der Waals surface area (Å²) in [6, 6.07) is 0. The van der Waals surface area contributed by atoms with Crippen LogP contribution in [0.3, 0.4) is 0 Å². The minimum absolute atomic E-state index is 0.928. The molecule has 0 aromatic carbocycles. The minimum Gasteiger partial charge on any atom is -0.262 e. The summed E-state index contributed by atoms with van der Waals surface area (Å²) in [5.41, 5.74) is 2.21. The van der Waals surface area contributed by atoms with Gasteiger partial charge in [-0.25, -0.2) is 0 Å². The first kappa shape index (κ1) is 10.2. The van der Waals surface area contributed by atoms with E-state index in [0.717, 1.165) is 18.5 Å². The Morgan fingerprint density at radius 1 is 1.36 bits per heavy atom. The molecule has 0 radical (unpaired) electrons. The van der Waals surface area contributed by atoms with E-state index in [1.807, 2.05) is 13.1 Å². The summed E-state index contributed by atoms with van der Waals surface area (Å²) in [6.45, 7) is 9.99. The van der Waals surface area contributed by atoms with Crippen molar-refractivity contribution in [2.45, 2.75) is 33.6 Å². The molecular formula is C10H17N. The molecule has 0 aliphatic carbocycles. The zero-order valence-electron chi connectivity index (χ0n) is 7.72. The second-order valence-corrected chi connectivity index (χ2v) is 2.40. The SMILES string of the molecule is C=C(CC)/N=C\C(=C/C)CC. The van der Waals surface area contributed by atoms with Gasteiger partial charge in [-0.2, -0.15) is 0 Å². The molecule has 1 nitrogen and oxygen atoms in total. The van der Waals surface area contributed by atoms with Crippen molar-refractivity contribution in [3.05, 3.63) is 23.9 Å². The summed E-state index contributed by atoms with van der Waals surface area (Å²) >= 11 is 0. The highest BCUT2D eigenvalue weighted by Crippen LogP contribution is 2.01. The molecule has 0 fully saturated rings. The number of aliphatic imine (C=N–C) groups is 1. The molecule has 0 rings (SSSR count). The lowest BCUT2D eigenvalue weighted by molar-refractivity contribution is 1.08. The van der Waals surface area contributed by atoms with Gasteiger partial charge < -0.3 is 0 Å². The Morgan fingerprint density at radius 2 is 2.00 bits per heavy atom. The van der Waals surface area contributed by atoms with E-state index in [1.165, 1.54) is 5.57 Å². The molecular weight excluding hydrogens is 134 g/mol. The predicted molar refractivity (Wildman–Crippen MR) is 52.0 cm³/mol. The Hall–Kier alpha value is -0.850. The molecule has 1 heteroatoms. The average Bonchev–Trinajstić information content (AvgIpc) is 2.06. The highest BCUT2D eigenvalue weighted by Gasteiger charge is 1.86. The molecule has 0 unspecified atom stereocenters. The van der Waals surface area contributed by atoms with Gasteiger partial charge >= 0.3 is 0 Å². The van der Waals surface area contributed by atoms with Crippen LogP contribution in [0.4, 0.5) is 0 Å². The Bertz CT molecular complexity index is 175. The quantitative estimate of drug-likeness (QED) is 0.546. The molecule has 0 saturated heterocycles. The molecule has 62 valence electrons. The van der Waals surface area contributed by atoms with Crippen molar-refractivity contribution in [1.29, 1.82) is 0 Å². The molecule has 0 N–H and O–H groups in total. The molecule has 0 aromatic rings. The van der Waals surface area contributed by atoms with Crippen LogP contribution in [0.15, 0.2) is 28.9 Å². The van der Waals surface area contributed by atoms with Gasteiger partial charge in [-0.15, -0.1) is 0 Å². The number of rotatable bonds is 4. The molecule has 0 saturated carbocycles. The predicted octanol–water partition coefficient (Wildman–Crippen LogP) is 3.34.